The molecule has 1 N–H and O–H groups in total. The number of alkyl halides is 3. The van der Waals surface area contributed by atoms with E-state index in [1.165, 1.54) is 58.2 Å². The molecule has 41 heavy (non-hydrogen) atoms. The maximum absolute atomic E-state index is 13.6. The van der Waals surface area contributed by atoms with E-state index in [-0.39, 0.29) is 41.7 Å². The summed E-state index contributed by atoms with van der Waals surface area (Å²) in [4.78, 5) is 34.0. The Hall–Kier alpha value is -4.72. The number of pyridine rings is 1. The summed E-state index contributed by atoms with van der Waals surface area (Å²) in [6, 6.07) is 7.24. The molecule has 0 saturated carbocycles. The Morgan fingerprint density at radius 3 is 2.29 bits per heavy atom. The van der Waals surface area contributed by atoms with Crippen molar-refractivity contribution in [3.05, 3.63) is 70.0 Å². The standard InChI is InChI=1S/C27H27F3N6O5/c1-15-8-23(27(28,29)30)34-36(15)24-22(17-9-21(16(2)37)25(38)35(14-17)6-7-39-3)13-31-26(33-24)32-18-10-19(40-4)12-20(11-18)41-5/h8-14H,6-7H2,1-5H3,(H,31,32,33). The van der Waals surface area contributed by atoms with Crippen molar-refractivity contribution in [2.45, 2.75) is 26.6 Å². The van der Waals surface area contributed by atoms with Crippen molar-refractivity contribution in [2.24, 2.45) is 0 Å². The lowest BCUT2D eigenvalue weighted by atomic mass is 10.1. The third-order valence-electron chi connectivity index (χ3n) is 6.07. The van der Waals surface area contributed by atoms with Gasteiger partial charge in [0.05, 0.1) is 26.4 Å². The number of benzene rings is 1. The third-order valence-corrected chi connectivity index (χ3v) is 6.07. The predicted molar refractivity (Wildman–Crippen MR) is 143 cm³/mol. The Kier molecular flexibility index (Phi) is 8.42. The fraction of sp³-hybridized carbons (Fsp3) is 0.296. The van der Waals surface area contributed by atoms with Crippen LogP contribution in [-0.4, -0.2) is 58.0 Å². The lowest BCUT2D eigenvalue weighted by Gasteiger charge is -2.15. The molecule has 1 aromatic carbocycles. The van der Waals surface area contributed by atoms with E-state index in [0.29, 0.717) is 22.7 Å². The molecule has 0 bridgehead atoms. The summed E-state index contributed by atoms with van der Waals surface area (Å²) in [5, 5.41) is 6.77. The summed E-state index contributed by atoms with van der Waals surface area (Å²) in [7, 11) is 4.44. The van der Waals surface area contributed by atoms with Crippen molar-refractivity contribution in [2.75, 3.05) is 33.3 Å². The smallest absolute Gasteiger partial charge is 0.435 e. The van der Waals surface area contributed by atoms with E-state index in [9.17, 15) is 22.8 Å². The highest BCUT2D eigenvalue weighted by atomic mass is 19.4. The fourth-order valence-corrected chi connectivity index (χ4v) is 4.03. The molecule has 4 rings (SSSR count). The van der Waals surface area contributed by atoms with Gasteiger partial charge < -0.3 is 24.1 Å². The van der Waals surface area contributed by atoms with Gasteiger partial charge in [-0.25, -0.2) is 9.67 Å². The summed E-state index contributed by atoms with van der Waals surface area (Å²) < 4.78 is 58.7. The number of rotatable bonds is 10. The molecule has 0 radical (unpaired) electrons. The number of nitrogens with one attached hydrogen (secondary N) is 1. The van der Waals surface area contributed by atoms with Crippen molar-refractivity contribution in [3.63, 3.8) is 0 Å². The predicted octanol–water partition coefficient (Wildman–Crippen LogP) is 4.43. The van der Waals surface area contributed by atoms with Crippen LogP contribution in [0.3, 0.4) is 0 Å². The SMILES string of the molecule is COCCn1cc(-c2cnc(Nc3cc(OC)cc(OC)c3)nc2-n2nc(C(F)(F)F)cc2C)cc(C(C)=O)c1=O. The maximum atomic E-state index is 13.6. The van der Waals surface area contributed by atoms with Crippen LogP contribution >= 0.6 is 0 Å². The van der Waals surface area contributed by atoms with Crippen molar-refractivity contribution >= 4 is 17.4 Å². The van der Waals surface area contributed by atoms with E-state index in [1.807, 2.05) is 0 Å². The van der Waals surface area contributed by atoms with Gasteiger partial charge in [0.25, 0.3) is 5.56 Å². The first-order valence-electron chi connectivity index (χ1n) is 12.2. The van der Waals surface area contributed by atoms with Gasteiger partial charge in [-0.2, -0.15) is 23.3 Å². The monoisotopic (exact) mass is 572 g/mol. The number of Topliss-reactive ketones (excluding diaryl/α,β-unsaturated/α-hetero) is 1. The first-order chi connectivity index (χ1) is 19.4. The van der Waals surface area contributed by atoms with Crippen molar-refractivity contribution < 1.29 is 32.2 Å². The molecule has 11 nitrogen and oxygen atoms in total. The second-order valence-corrected chi connectivity index (χ2v) is 8.93. The van der Waals surface area contributed by atoms with Gasteiger partial charge in [-0.1, -0.05) is 0 Å². The van der Waals surface area contributed by atoms with Crippen LogP contribution in [-0.2, 0) is 17.5 Å². The van der Waals surface area contributed by atoms with Crippen LogP contribution in [0.1, 0.15) is 28.7 Å². The van der Waals surface area contributed by atoms with Gasteiger partial charge in [0.2, 0.25) is 5.95 Å². The highest BCUT2D eigenvalue weighted by Gasteiger charge is 2.35. The normalized spacial score (nSPS) is 11.4. The number of hydrogen-bond donors (Lipinski definition) is 1. The number of carbonyl (C=O) groups is 1. The van der Waals surface area contributed by atoms with Crippen LogP contribution in [0, 0.1) is 6.92 Å². The number of hydrogen-bond acceptors (Lipinski definition) is 9. The number of aryl methyl sites for hydroxylation is 1. The summed E-state index contributed by atoms with van der Waals surface area (Å²) >= 11 is 0. The van der Waals surface area contributed by atoms with Crippen LogP contribution < -0.4 is 20.3 Å². The van der Waals surface area contributed by atoms with Crippen LogP contribution in [0.4, 0.5) is 24.8 Å². The third kappa shape index (κ3) is 6.38. The molecule has 216 valence electrons. The molecule has 0 aliphatic rings. The second kappa shape index (κ2) is 11.8. The Labute approximate surface area is 232 Å². The molecule has 0 unspecified atom stereocenters. The van der Waals surface area contributed by atoms with Crippen molar-refractivity contribution in [1.82, 2.24) is 24.3 Å². The zero-order chi connectivity index (χ0) is 29.9. The molecule has 3 aromatic heterocycles. The number of nitrogens with zero attached hydrogens (tertiary/aromatic N) is 5. The van der Waals surface area contributed by atoms with Crippen molar-refractivity contribution in [3.8, 4) is 28.4 Å². The molecule has 0 spiro atoms. The lowest BCUT2D eigenvalue weighted by molar-refractivity contribution is -0.141. The van der Waals surface area contributed by atoms with E-state index >= 15 is 0 Å². The molecule has 3 heterocycles. The Bertz CT molecular complexity index is 1630. The Balaban J connectivity index is 1.93. The summed E-state index contributed by atoms with van der Waals surface area (Å²) in [6.45, 7) is 3.02. The van der Waals surface area contributed by atoms with Crippen LogP contribution in [0.15, 0.2) is 47.5 Å². The number of ether oxygens (including phenoxy) is 3. The number of anilines is 2. The molecular weight excluding hydrogens is 545 g/mol. The molecule has 0 atom stereocenters. The topological polar surface area (TPSA) is 122 Å². The second-order valence-electron chi connectivity index (χ2n) is 8.93. The molecular formula is C27H27F3N6O5. The summed E-state index contributed by atoms with van der Waals surface area (Å²) in [5.41, 5.74) is -0.567. The fourth-order valence-electron chi connectivity index (χ4n) is 4.03. The summed E-state index contributed by atoms with van der Waals surface area (Å²) in [6.07, 6.45) is -1.85. The van der Waals surface area contributed by atoms with Gasteiger partial charge in [-0.15, -0.1) is 0 Å². The quantitative estimate of drug-likeness (QED) is 0.275. The van der Waals surface area contributed by atoms with Gasteiger partial charge in [0.1, 0.15) is 11.5 Å². The zero-order valence-corrected chi connectivity index (χ0v) is 22.9. The van der Waals surface area contributed by atoms with Gasteiger partial charge in [0.15, 0.2) is 17.3 Å². The number of halogens is 3. The molecule has 0 aliphatic heterocycles. The first-order valence-corrected chi connectivity index (χ1v) is 12.2. The largest absolute Gasteiger partial charge is 0.497 e. The van der Waals surface area contributed by atoms with Gasteiger partial charge in [-0.05, 0) is 26.0 Å². The maximum Gasteiger partial charge on any atom is 0.435 e. The van der Waals surface area contributed by atoms with Gasteiger partial charge >= 0.3 is 6.18 Å². The average molecular weight is 573 g/mol. The van der Waals surface area contributed by atoms with Gasteiger partial charge in [-0.3, -0.25) is 9.59 Å². The molecule has 0 aliphatic carbocycles. The van der Waals surface area contributed by atoms with Crippen molar-refractivity contribution in [1.29, 1.82) is 0 Å². The Morgan fingerprint density at radius 2 is 1.73 bits per heavy atom. The summed E-state index contributed by atoms with van der Waals surface area (Å²) in [5.74, 6) is 0.497. The van der Waals surface area contributed by atoms with E-state index in [2.05, 4.69) is 20.4 Å². The van der Waals surface area contributed by atoms with E-state index in [4.69, 9.17) is 14.2 Å². The molecule has 14 heteroatoms. The minimum absolute atomic E-state index is 0.0168. The number of ketones is 1. The molecule has 4 aromatic rings. The van der Waals surface area contributed by atoms with E-state index in [1.54, 1.807) is 18.2 Å². The minimum atomic E-state index is -4.70. The molecule has 0 amide bonds. The average Bonchev–Trinajstić information content (AvgIpc) is 3.34. The van der Waals surface area contributed by atoms with Crippen LogP contribution in [0.5, 0.6) is 11.5 Å². The van der Waals surface area contributed by atoms with Gasteiger partial charge in [0, 0.05) is 66.8 Å². The van der Waals surface area contributed by atoms with E-state index in [0.717, 1.165) is 10.7 Å². The highest BCUT2D eigenvalue weighted by Crippen LogP contribution is 2.33. The first kappa shape index (κ1) is 29.3. The number of carbonyl (C=O) groups excluding carboxylic acids is 1. The lowest BCUT2D eigenvalue weighted by Crippen LogP contribution is -2.27. The van der Waals surface area contributed by atoms with Crippen LogP contribution in [0.25, 0.3) is 16.9 Å². The molecule has 0 fully saturated rings. The van der Waals surface area contributed by atoms with Crippen LogP contribution in [0.2, 0.25) is 0 Å². The van der Waals surface area contributed by atoms with E-state index < -0.39 is 23.2 Å². The number of methoxy groups -OCH3 is 3. The zero-order valence-electron chi connectivity index (χ0n) is 22.9. The number of aromatic nitrogens is 5. The Morgan fingerprint density at radius 1 is 1.05 bits per heavy atom. The highest BCUT2D eigenvalue weighted by molar-refractivity contribution is 5.95. The molecule has 0 saturated heterocycles. The minimum Gasteiger partial charge on any atom is -0.497 e.